The molecule has 0 saturated carbocycles. The van der Waals surface area contributed by atoms with Gasteiger partial charge in [-0.25, -0.2) is 0 Å². The van der Waals surface area contributed by atoms with Crippen LogP contribution in [0.3, 0.4) is 0 Å². The Kier molecular flexibility index (Phi) is 4.48. The zero-order valence-corrected chi connectivity index (χ0v) is 12.8. The molecule has 2 aromatic rings. The lowest BCUT2D eigenvalue weighted by Crippen LogP contribution is -2.42. The van der Waals surface area contributed by atoms with Crippen LogP contribution in [0.5, 0.6) is 0 Å². The molecule has 1 N–H and O–H groups in total. The van der Waals surface area contributed by atoms with Gasteiger partial charge in [0.25, 0.3) is 5.91 Å². The van der Waals surface area contributed by atoms with Crippen molar-refractivity contribution in [2.45, 2.75) is 25.8 Å². The molecule has 1 aromatic heterocycles. The van der Waals surface area contributed by atoms with Crippen molar-refractivity contribution in [1.82, 2.24) is 25.2 Å². The number of aromatic nitrogens is 3. The molecule has 1 aromatic carbocycles. The summed E-state index contributed by atoms with van der Waals surface area (Å²) in [6.07, 6.45) is 3.49. The number of amides is 1. The maximum atomic E-state index is 12.7. The van der Waals surface area contributed by atoms with Crippen LogP contribution in [0.2, 0.25) is 0 Å². The molecule has 1 aliphatic heterocycles. The number of nitrogens with zero attached hydrogens (tertiary/aromatic N) is 4. The van der Waals surface area contributed by atoms with Gasteiger partial charge < -0.3 is 10.2 Å². The molecule has 1 unspecified atom stereocenters. The van der Waals surface area contributed by atoms with Crippen molar-refractivity contribution in [3.63, 3.8) is 0 Å². The first-order valence-electron chi connectivity index (χ1n) is 7.79. The van der Waals surface area contributed by atoms with Crippen LogP contribution in [-0.2, 0) is 0 Å². The van der Waals surface area contributed by atoms with Crippen molar-refractivity contribution in [3.05, 3.63) is 42.2 Å². The third-order valence-electron chi connectivity index (χ3n) is 3.90. The minimum absolute atomic E-state index is 0.0299. The summed E-state index contributed by atoms with van der Waals surface area (Å²) in [5.41, 5.74) is 1.26. The van der Waals surface area contributed by atoms with Gasteiger partial charge in [0.05, 0.1) is 11.9 Å². The summed E-state index contributed by atoms with van der Waals surface area (Å²) in [5.74, 6) is -0.0299. The van der Waals surface area contributed by atoms with Crippen molar-refractivity contribution in [3.8, 4) is 5.69 Å². The largest absolute Gasteiger partial charge is 0.333 e. The average Bonchev–Trinajstić information content (AvgIpc) is 3.24. The third-order valence-corrected chi connectivity index (χ3v) is 3.90. The highest BCUT2D eigenvalue weighted by molar-refractivity contribution is 5.92. The van der Waals surface area contributed by atoms with Gasteiger partial charge in [0.15, 0.2) is 5.69 Å². The van der Waals surface area contributed by atoms with E-state index in [-0.39, 0.29) is 11.9 Å². The predicted molar refractivity (Wildman–Crippen MR) is 84.0 cm³/mol. The van der Waals surface area contributed by atoms with Gasteiger partial charge in [-0.15, -0.1) is 5.10 Å². The molecule has 0 spiro atoms. The van der Waals surface area contributed by atoms with Crippen LogP contribution in [0.1, 0.15) is 30.3 Å². The number of rotatable bonds is 5. The minimum atomic E-state index is -0.0299. The first-order valence-corrected chi connectivity index (χ1v) is 7.79. The summed E-state index contributed by atoms with van der Waals surface area (Å²) in [7, 11) is 0. The zero-order valence-electron chi connectivity index (χ0n) is 12.8. The Morgan fingerprint density at radius 2 is 2.23 bits per heavy atom. The molecule has 2 heterocycles. The van der Waals surface area contributed by atoms with E-state index >= 15 is 0 Å². The summed E-state index contributed by atoms with van der Waals surface area (Å²) in [5, 5.41) is 11.9. The first-order chi connectivity index (χ1) is 10.8. The Bertz CT molecular complexity index is 618. The van der Waals surface area contributed by atoms with Gasteiger partial charge >= 0.3 is 0 Å². The van der Waals surface area contributed by atoms with Crippen molar-refractivity contribution in [1.29, 1.82) is 0 Å². The molecule has 1 fully saturated rings. The summed E-state index contributed by atoms with van der Waals surface area (Å²) < 4.78 is 0. The highest BCUT2D eigenvalue weighted by atomic mass is 16.2. The van der Waals surface area contributed by atoms with Crippen LogP contribution in [-0.4, -0.2) is 51.5 Å². The Labute approximate surface area is 130 Å². The molecule has 0 bridgehead atoms. The van der Waals surface area contributed by atoms with Crippen LogP contribution in [0.4, 0.5) is 0 Å². The second-order valence-corrected chi connectivity index (χ2v) is 5.50. The normalized spacial score (nSPS) is 17.6. The predicted octanol–water partition coefficient (Wildman–Crippen LogP) is 1.48. The highest BCUT2D eigenvalue weighted by Crippen LogP contribution is 2.13. The quantitative estimate of drug-likeness (QED) is 0.908. The number of carbonyl (C=O) groups is 1. The van der Waals surface area contributed by atoms with Crippen LogP contribution >= 0.6 is 0 Å². The fourth-order valence-electron chi connectivity index (χ4n) is 2.79. The van der Waals surface area contributed by atoms with E-state index in [9.17, 15) is 4.79 Å². The van der Waals surface area contributed by atoms with Gasteiger partial charge in [-0.3, -0.25) is 4.79 Å². The number of para-hydroxylation sites is 1. The Morgan fingerprint density at radius 1 is 1.41 bits per heavy atom. The summed E-state index contributed by atoms with van der Waals surface area (Å²) in [6, 6.07) is 9.88. The maximum Gasteiger partial charge on any atom is 0.276 e. The first kappa shape index (κ1) is 14.7. The fourth-order valence-corrected chi connectivity index (χ4v) is 2.79. The topological polar surface area (TPSA) is 63.1 Å². The van der Waals surface area contributed by atoms with Crippen LogP contribution in [0.25, 0.3) is 5.69 Å². The van der Waals surface area contributed by atoms with Crippen LogP contribution in [0.15, 0.2) is 36.5 Å². The van der Waals surface area contributed by atoms with E-state index in [0.717, 1.165) is 38.2 Å². The molecular weight excluding hydrogens is 278 g/mol. The molecule has 1 saturated heterocycles. The Hall–Kier alpha value is -2.21. The molecule has 1 amide bonds. The summed E-state index contributed by atoms with van der Waals surface area (Å²) in [4.78, 5) is 16.2. The van der Waals surface area contributed by atoms with Gasteiger partial charge in [0.2, 0.25) is 0 Å². The SMILES string of the molecule is CCCN(C(=O)c1cnn(-c2ccccc2)n1)C1CCNC1. The minimum Gasteiger partial charge on any atom is -0.333 e. The van der Waals surface area contributed by atoms with E-state index in [1.54, 1.807) is 6.20 Å². The average molecular weight is 299 g/mol. The van der Waals surface area contributed by atoms with Gasteiger partial charge in [0.1, 0.15) is 0 Å². The number of hydrogen-bond acceptors (Lipinski definition) is 4. The lowest BCUT2D eigenvalue weighted by molar-refractivity contribution is 0.0685. The number of benzene rings is 1. The Balaban J connectivity index is 1.80. The number of nitrogens with one attached hydrogen (secondary N) is 1. The fraction of sp³-hybridized carbons (Fsp3) is 0.438. The number of hydrogen-bond donors (Lipinski definition) is 1. The second-order valence-electron chi connectivity index (χ2n) is 5.50. The smallest absolute Gasteiger partial charge is 0.276 e. The van der Waals surface area contributed by atoms with Gasteiger partial charge in [-0.1, -0.05) is 25.1 Å². The monoisotopic (exact) mass is 299 g/mol. The van der Waals surface area contributed by atoms with Gasteiger partial charge in [-0.2, -0.15) is 9.90 Å². The molecule has 0 aliphatic carbocycles. The molecule has 6 nitrogen and oxygen atoms in total. The van der Waals surface area contributed by atoms with E-state index < -0.39 is 0 Å². The van der Waals surface area contributed by atoms with E-state index in [1.807, 2.05) is 35.2 Å². The second kappa shape index (κ2) is 6.70. The van der Waals surface area contributed by atoms with Gasteiger partial charge in [0, 0.05) is 19.1 Å². The highest BCUT2D eigenvalue weighted by Gasteiger charge is 2.28. The van der Waals surface area contributed by atoms with Gasteiger partial charge in [-0.05, 0) is 31.5 Å². The lowest BCUT2D eigenvalue weighted by atomic mass is 10.2. The lowest BCUT2D eigenvalue weighted by Gasteiger charge is -2.27. The standard InChI is InChI=1S/C16H21N5O/c1-2-10-20(14-8-9-17-11-14)16(22)15-12-18-21(19-15)13-6-4-3-5-7-13/h3-7,12,14,17H,2,8-11H2,1H3. The van der Waals surface area contributed by atoms with Crippen LogP contribution in [0, 0.1) is 0 Å². The number of carbonyl (C=O) groups excluding carboxylic acids is 1. The van der Waals surface area contributed by atoms with Crippen molar-refractivity contribution in [2.24, 2.45) is 0 Å². The molecule has 116 valence electrons. The zero-order chi connectivity index (χ0) is 15.4. The van der Waals surface area contributed by atoms with E-state index in [4.69, 9.17) is 0 Å². The maximum absolute atomic E-state index is 12.7. The van der Waals surface area contributed by atoms with Crippen molar-refractivity contribution in [2.75, 3.05) is 19.6 Å². The molecule has 0 radical (unpaired) electrons. The molecule has 1 atom stereocenters. The molecule has 22 heavy (non-hydrogen) atoms. The van der Waals surface area contributed by atoms with E-state index in [2.05, 4.69) is 22.4 Å². The third kappa shape index (κ3) is 3.01. The summed E-state index contributed by atoms with van der Waals surface area (Å²) in [6.45, 7) is 4.67. The van der Waals surface area contributed by atoms with E-state index in [0.29, 0.717) is 5.69 Å². The van der Waals surface area contributed by atoms with Crippen LogP contribution < -0.4 is 5.32 Å². The molecule has 6 heteroatoms. The van der Waals surface area contributed by atoms with E-state index in [1.165, 1.54) is 4.80 Å². The molecule has 1 aliphatic rings. The molecular formula is C16H21N5O. The summed E-state index contributed by atoms with van der Waals surface area (Å²) >= 11 is 0. The van der Waals surface area contributed by atoms with Crippen molar-refractivity contribution >= 4 is 5.91 Å². The Morgan fingerprint density at radius 3 is 2.91 bits per heavy atom. The molecule has 3 rings (SSSR count). The van der Waals surface area contributed by atoms with Crippen molar-refractivity contribution < 1.29 is 4.79 Å².